The van der Waals surface area contributed by atoms with Crippen LogP contribution >= 0.6 is 11.3 Å². The van der Waals surface area contributed by atoms with Gasteiger partial charge in [-0.1, -0.05) is 11.3 Å². The average molecular weight is 452 g/mol. The van der Waals surface area contributed by atoms with Crippen molar-refractivity contribution in [3.8, 4) is 0 Å². The fourth-order valence-corrected chi connectivity index (χ4v) is 4.11. The van der Waals surface area contributed by atoms with Crippen LogP contribution in [0.3, 0.4) is 0 Å². The number of benzene rings is 1. The first kappa shape index (κ1) is 21.2. The third-order valence-electron chi connectivity index (χ3n) is 4.83. The number of halogens is 3. The van der Waals surface area contributed by atoms with Gasteiger partial charge in [-0.2, -0.15) is 13.2 Å². The van der Waals surface area contributed by atoms with Crippen molar-refractivity contribution in [1.82, 2.24) is 19.9 Å². The quantitative estimate of drug-likeness (QED) is 0.585. The Kier molecular flexibility index (Phi) is 5.67. The average Bonchev–Trinajstić information content (AvgIpc) is 3.18. The van der Waals surface area contributed by atoms with Crippen molar-refractivity contribution >= 4 is 39.1 Å². The Morgan fingerprint density at radius 3 is 2.71 bits per heavy atom. The van der Waals surface area contributed by atoms with Crippen molar-refractivity contribution in [2.75, 3.05) is 37.4 Å². The number of alkyl halides is 3. The van der Waals surface area contributed by atoms with Crippen LogP contribution in [0.15, 0.2) is 24.5 Å². The highest BCUT2D eigenvalue weighted by molar-refractivity contribution is 7.19. The first-order chi connectivity index (χ1) is 14.7. The molecule has 12 heteroatoms. The normalized spacial score (nSPS) is 15.8. The predicted molar refractivity (Wildman–Crippen MR) is 110 cm³/mol. The lowest BCUT2D eigenvalue weighted by Crippen LogP contribution is -2.40. The molecule has 1 saturated heterocycles. The fourth-order valence-electron chi connectivity index (χ4n) is 3.23. The van der Waals surface area contributed by atoms with Gasteiger partial charge in [0.25, 0.3) is 5.91 Å². The topological polar surface area (TPSA) is 106 Å². The van der Waals surface area contributed by atoms with Crippen molar-refractivity contribution in [3.63, 3.8) is 0 Å². The van der Waals surface area contributed by atoms with Gasteiger partial charge >= 0.3 is 6.18 Å². The monoisotopic (exact) mass is 452 g/mol. The number of hydrogen-bond donors (Lipinski definition) is 2. The molecule has 1 fully saturated rings. The highest BCUT2D eigenvalue weighted by Gasteiger charge is 2.31. The van der Waals surface area contributed by atoms with Crippen LogP contribution in [0.25, 0.3) is 10.3 Å². The molecule has 1 atom stereocenters. The number of carbonyl (C=O) groups is 1. The molecule has 3 N–H and O–H groups in total. The second kappa shape index (κ2) is 8.27. The Bertz CT molecular complexity index is 1110. The highest BCUT2D eigenvalue weighted by atomic mass is 32.1. The van der Waals surface area contributed by atoms with Crippen LogP contribution in [0, 0.1) is 0 Å². The smallest absolute Gasteiger partial charge is 0.399 e. The zero-order valence-electron chi connectivity index (χ0n) is 16.4. The molecule has 1 aliphatic heterocycles. The number of nitrogen functional groups attached to an aromatic ring is 1. The number of nitrogens with zero attached hydrogens (tertiary/aromatic N) is 4. The molecule has 0 bridgehead atoms. The summed E-state index contributed by atoms with van der Waals surface area (Å²) in [6, 6.07) is 2.85. The summed E-state index contributed by atoms with van der Waals surface area (Å²) in [5, 5.41) is 3.34. The zero-order valence-corrected chi connectivity index (χ0v) is 17.3. The highest BCUT2D eigenvalue weighted by Crippen LogP contribution is 2.34. The number of rotatable bonds is 4. The van der Waals surface area contributed by atoms with Crippen LogP contribution in [0.1, 0.15) is 33.9 Å². The lowest BCUT2D eigenvalue weighted by atomic mass is 10.0. The van der Waals surface area contributed by atoms with Crippen LogP contribution < -0.4 is 11.1 Å². The van der Waals surface area contributed by atoms with E-state index in [9.17, 15) is 18.0 Å². The van der Waals surface area contributed by atoms with Crippen molar-refractivity contribution in [3.05, 3.63) is 40.7 Å². The van der Waals surface area contributed by atoms with E-state index in [1.165, 1.54) is 12.4 Å². The Labute approximate surface area is 179 Å². The second-order valence-corrected chi connectivity index (χ2v) is 8.03. The van der Waals surface area contributed by atoms with Crippen molar-refractivity contribution < 1.29 is 22.7 Å². The number of amides is 1. The van der Waals surface area contributed by atoms with E-state index in [0.29, 0.717) is 48.0 Å². The van der Waals surface area contributed by atoms with Crippen molar-refractivity contribution in [2.45, 2.75) is 19.1 Å². The van der Waals surface area contributed by atoms with E-state index in [2.05, 4.69) is 20.3 Å². The van der Waals surface area contributed by atoms with Gasteiger partial charge in [-0.25, -0.2) is 15.0 Å². The number of hydrogen-bond acceptors (Lipinski definition) is 8. The largest absolute Gasteiger partial charge is 0.416 e. The lowest BCUT2D eigenvalue weighted by Gasteiger charge is -2.25. The van der Waals surface area contributed by atoms with Crippen molar-refractivity contribution in [1.29, 1.82) is 0 Å². The number of nitrogens with one attached hydrogen (secondary N) is 1. The molecule has 8 nitrogen and oxygen atoms in total. The Hall–Kier alpha value is -2.99. The molecule has 3 aromatic rings. The van der Waals surface area contributed by atoms with Gasteiger partial charge in [-0.05, 0) is 30.7 Å². The van der Waals surface area contributed by atoms with E-state index in [1.54, 1.807) is 11.8 Å². The minimum Gasteiger partial charge on any atom is -0.399 e. The van der Waals surface area contributed by atoms with Crippen LogP contribution in [-0.2, 0) is 10.9 Å². The number of ether oxygens (including phenoxy) is 1. The van der Waals surface area contributed by atoms with Gasteiger partial charge in [-0.15, -0.1) is 0 Å². The summed E-state index contributed by atoms with van der Waals surface area (Å²) >= 11 is 1.14. The van der Waals surface area contributed by atoms with E-state index in [-0.39, 0.29) is 16.6 Å². The van der Waals surface area contributed by atoms with Gasteiger partial charge in [0.1, 0.15) is 16.7 Å². The van der Waals surface area contributed by atoms with E-state index in [4.69, 9.17) is 10.5 Å². The van der Waals surface area contributed by atoms with E-state index >= 15 is 0 Å². The van der Waals surface area contributed by atoms with Crippen LogP contribution in [0.2, 0.25) is 0 Å². The number of aromatic nitrogens is 3. The van der Waals surface area contributed by atoms with Gasteiger partial charge in [-0.3, -0.25) is 4.79 Å². The minimum absolute atomic E-state index is 0.0124. The number of thiazole rings is 1. The molecule has 4 rings (SSSR count). The molecule has 0 saturated carbocycles. The summed E-state index contributed by atoms with van der Waals surface area (Å²) in [6.07, 6.45) is -3.19. The molecular weight excluding hydrogens is 433 g/mol. The fraction of sp³-hybridized carbons (Fsp3) is 0.368. The standard InChI is InChI=1S/C19H19F3N6O2S/c1-10(11-6-12(19(20,21)22)8-13(23)7-11)26-15-14-16(25-9-24-15)31-17(27-14)18(29)28-2-4-30-5-3-28/h6-10H,2-5,23H2,1H3,(H,24,25,26)/t10-/m1/s1. The molecule has 1 aromatic carbocycles. The Morgan fingerprint density at radius 2 is 2.00 bits per heavy atom. The molecule has 0 radical (unpaired) electrons. The van der Waals surface area contributed by atoms with Gasteiger partial charge in [0, 0.05) is 18.8 Å². The number of anilines is 2. The molecule has 31 heavy (non-hydrogen) atoms. The zero-order chi connectivity index (χ0) is 22.2. The van der Waals surface area contributed by atoms with Gasteiger partial charge in [0.15, 0.2) is 10.8 Å². The van der Waals surface area contributed by atoms with Crippen LogP contribution in [-0.4, -0.2) is 52.1 Å². The maximum atomic E-state index is 13.1. The SMILES string of the molecule is C[C@@H](Nc1ncnc2sc(C(=O)N3CCOCC3)nc12)c1cc(N)cc(C(F)(F)F)c1. The Morgan fingerprint density at radius 1 is 1.26 bits per heavy atom. The predicted octanol–water partition coefficient (Wildman–Crippen LogP) is 3.33. The van der Waals surface area contributed by atoms with Gasteiger partial charge in [0.2, 0.25) is 0 Å². The molecular formula is C19H19F3N6O2S. The summed E-state index contributed by atoms with van der Waals surface area (Å²) < 4.78 is 44.7. The van der Waals surface area contributed by atoms with Crippen molar-refractivity contribution in [2.24, 2.45) is 0 Å². The number of nitrogens with two attached hydrogens (primary N) is 1. The maximum Gasteiger partial charge on any atom is 0.416 e. The maximum absolute atomic E-state index is 13.1. The summed E-state index contributed by atoms with van der Waals surface area (Å²) in [7, 11) is 0. The van der Waals surface area contributed by atoms with Crippen LogP contribution in [0.5, 0.6) is 0 Å². The van der Waals surface area contributed by atoms with E-state index in [0.717, 1.165) is 23.5 Å². The summed E-state index contributed by atoms with van der Waals surface area (Å²) in [5.41, 5.74) is 5.59. The molecule has 2 aromatic heterocycles. The summed E-state index contributed by atoms with van der Waals surface area (Å²) in [5.74, 6) is 0.113. The number of carbonyl (C=O) groups excluding carboxylic acids is 1. The Balaban J connectivity index is 1.61. The first-order valence-electron chi connectivity index (χ1n) is 9.45. The first-order valence-corrected chi connectivity index (χ1v) is 10.3. The number of fused-ring (bicyclic) bond motifs is 1. The molecule has 0 spiro atoms. The molecule has 3 heterocycles. The summed E-state index contributed by atoms with van der Waals surface area (Å²) in [4.78, 5) is 27.6. The lowest BCUT2D eigenvalue weighted by molar-refractivity contribution is -0.137. The van der Waals surface area contributed by atoms with Gasteiger partial charge < -0.3 is 20.7 Å². The third kappa shape index (κ3) is 4.54. The van der Waals surface area contributed by atoms with E-state index < -0.39 is 17.8 Å². The minimum atomic E-state index is -4.50. The van der Waals surface area contributed by atoms with Gasteiger partial charge in [0.05, 0.1) is 24.8 Å². The number of morpholine rings is 1. The summed E-state index contributed by atoms with van der Waals surface area (Å²) in [6.45, 7) is 3.61. The third-order valence-corrected chi connectivity index (χ3v) is 5.79. The van der Waals surface area contributed by atoms with Crippen LogP contribution in [0.4, 0.5) is 24.7 Å². The molecule has 164 valence electrons. The van der Waals surface area contributed by atoms with E-state index in [1.807, 2.05) is 0 Å². The molecule has 1 amide bonds. The molecule has 0 unspecified atom stereocenters. The molecule has 1 aliphatic rings. The molecule has 0 aliphatic carbocycles. The second-order valence-electron chi connectivity index (χ2n) is 7.05.